The van der Waals surface area contributed by atoms with Gasteiger partial charge in [0.2, 0.25) is 0 Å². The summed E-state index contributed by atoms with van der Waals surface area (Å²) in [6, 6.07) is 5.53. The zero-order valence-corrected chi connectivity index (χ0v) is 12.7. The van der Waals surface area contributed by atoms with Crippen molar-refractivity contribution in [1.82, 2.24) is 5.32 Å². The fourth-order valence-corrected chi connectivity index (χ4v) is 2.69. The Morgan fingerprint density at radius 1 is 1.33 bits per heavy atom. The first kappa shape index (κ1) is 15.8. The standard InChI is InChI=1S/C16H25N3O2/c1-12-7-8-14(15(11-12)19-17)16(20)18-9-10-21-13-5-3-2-4-6-13/h7-8,11,13,19H,2-6,9-10,17H2,1H3,(H,18,20). The van der Waals surface area contributed by atoms with Gasteiger partial charge in [0, 0.05) is 6.54 Å². The Morgan fingerprint density at radius 3 is 2.81 bits per heavy atom. The number of nitrogens with two attached hydrogens (primary N) is 1. The van der Waals surface area contributed by atoms with E-state index in [1.54, 1.807) is 6.07 Å². The SMILES string of the molecule is Cc1ccc(C(=O)NCCOC2CCCCC2)c(NN)c1. The third kappa shape index (κ3) is 4.72. The summed E-state index contributed by atoms with van der Waals surface area (Å²) in [5.74, 6) is 5.33. The highest BCUT2D eigenvalue weighted by atomic mass is 16.5. The van der Waals surface area contributed by atoms with E-state index >= 15 is 0 Å². The third-order valence-electron chi connectivity index (χ3n) is 3.87. The number of hydrogen-bond donors (Lipinski definition) is 3. The molecule has 0 aromatic heterocycles. The smallest absolute Gasteiger partial charge is 0.253 e. The van der Waals surface area contributed by atoms with E-state index in [0.29, 0.717) is 30.5 Å². The van der Waals surface area contributed by atoms with Crippen molar-refractivity contribution in [1.29, 1.82) is 0 Å². The molecule has 0 unspecified atom stereocenters. The molecule has 0 bridgehead atoms. The van der Waals surface area contributed by atoms with Gasteiger partial charge in [0.1, 0.15) is 0 Å². The second-order valence-corrected chi connectivity index (χ2v) is 5.58. The molecule has 1 saturated carbocycles. The van der Waals surface area contributed by atoms with Crippen LogP contribution in [0.4, 0.5) is 5.69 Å². The maximum absolute atomic E-state index is 12.1. The van der Waals surface area contributed by atoms with Crippen LogP contribution >= 0.6 is 0 Å². The van der Waals surface area contributed by atoms with Crippen LogP contribution in [-0.2, 0) is 4.74 Å². The quantitative estimate of drug-likeness (QED) is 0.427. The molecular weight excluding hydrogens is 266 g/mol. The van der Waals surface area contributed by atoms with Gasteiger partial charge in [-0.1, -0.05) is 25.3 Å². The molecular formula is C16H25N3O2. The minimum absolute atomic E-state index is 0.129. The van der Waals surface area contributed by atoms with Crippen LogP contribution in [0.15, 0.2) is 18.2 Å². The van der Waals surface area contributed by atoms with Crippen LogP contribution in [0.3, 0.4) is 0 Å². The topological polar surface area (TPSA) is 76.4 Å². The molecule has 1 fully saturated rings. The van der Waals surface area contributed by atoms with E-state index in [1.165, 1.54) is 19.3 Å². The molecule has 5 heteroatoms. The highest BCUT2D eigenvalue weighted by Crippen LogP contribution is 2.20. The number of nitrogens with one attached hydrogen (secondary N) is 2. The first-order chi connectivity index (χ1) is 10.2. The fourth-order valence-electron chi connectivity index (χ4n) is 2.69. The first-order valence-electron chi connectivity index (χ1n) is 7.68. The number of rotatable bonds is 6. The summed E-state index contributed by atoms with van der Waals surface area (Å²) in [6.45, 7) is 3.04. The molecule has 0 spiro atoms. The Hall–Kier alpha value is -1.59. The minimum Gasteiger partial charge on any atom is -0.376 e. The van der Waals surface area contributed by atoms with Crippen LogP contribution in [0, 0.1) is 6.92 Å². The Morgan fingerprint density at radius 2 is 2.10 bits per heavy atom. The number of hydrazine groups is 1. The van der Waals surface area contributed by atoms with Crippen molar-refractivity contribution < 1.29 is 9.53 Å². The van der Waals surface area contributed by atoms with Crippen LogP contribution in [0.2, 0.25) is 0 Å². The lowest BCUT2D eigenvalue weighted by Gasteiger charge is -2.22. The van der Waals surface area contributed by atoms with Gasteiger partial charge in [0.25, 0.3) is 5.91 Å². The summed E-state index contributed by atoms with van der Waals surface area (Å²) >= 11 is 0. The number of ether oxygens (including phenoxy) is 1. The maximum atomic E-state index is 12.1. The predicted molar refractivity (Wildman–Crippen MR) is 84.1 cm³/mol. The molecule has 0 saturated heterocycles. The number of carbonyl (C=O) groups excluding carboxylic acids is 1. The molecule has 1 aromatic rings. The second kappa shape index (κ2) is 8.00. The molecule has 4 N–H and O–H groups in total. The molecule has 1 amide bonds. The molecule has 2 rings (SSSR count). The summed E-state index contributed by atoms with van der Waals surface area (Å²) in [5, 5.41) is 2.87. The lowest BCUT2D eigenvalue weighted by molar-refractivity contribution is 0.0299. The predicted octanol–water partition coefficient (Wildman–Crippen LogP) is 2.36. The number of benzene rings is 1. The van der Waals surface area contributed by atoms with Gasteiger partial charge in [-0.05, 0) is 37.5 Å². The molecule has 1 aliphatic rings. The van der Waals surface area contributed by atoms with Gasteiger partial charge in [0.15, 0.2) is 0 Å². The number of aryl methyl sites for hydroxylation is 1. The fraction of sp³-hybridized carbons (Fsp3) is 0.562. The summed E-state index contributed by atoms with van der Waals surface area (Å²) in [7, 11) is 0. The summed E-state index contributed by atoms with van der Waals surface area (Å²) in [4.78, 5) is 12.1. The van der Waals surface area contributed by atoms with Crippen molar-refractivity contribution in [3.05, 3.63) is 29.3 Å². The number of carbonyl (C=O) groups is 1. The lowest BCUT2D eigenvalue weighted by Crippen LogP contribution is -2.30. The van der Waals surface area contributed by atoms with Crippen molar-refractivity contribution in [3.63, 3.8) is 0 Å². The zero-order chi connectivity index (χ0) is 15.1. The number of amides is 1. The first-order valence-corrected chi connectivity index (χ1v) is 7.68. The van der Waals surface area contributed by atoms with Gasteiger partial charge < -0.3 is 15.5 Å². The monoisotopic (exact) mass is 291 g/mol. The van der Waals surface area contributed by atoms with Gasteiger partial charge in [-0.2, -0.15) is 0 Å². The molecule has 0 radical (unpaired) electrons. The van der Waals surface area contributed by atoms with Gasteiger partial charge in [-0.15, -0.1) is 0 Å². The number of hydrogen-bond acceptors (Lipinski definition) is 4. The van der Waals surface area contributed by atoms with Crippen molar-refractivity contribution in [2.45, 2.75) is 45.1 Å². The van der Waals surface area contributed by atoms with E-state index in [4.69, 9.17) is 10.6 Å². The van der Waals surface area contributed by atoms with Crippen LogP contribution in [-0.4, -0.2) is 25.2 Å². The summed E-state index contributed by atoms with van der Waals surface area (Å²) in [6.07, 6.45) is 6.49. The van der Waals surface area contributed by atoms with E-state index in [2.05, 4.69) is 10.7 Å². The van der Waals surface area contributed by atoms with Crippen LogP contribution in [0.25, 0.3) is 0 Å². The molecule has 21 heavy (non-hydrogen) atoms. The Bertz CT molecular complexity index is 471. The van der Waals surface area contributed by atoms with E-state index < -0.39 is 0 Å². The van der Waals surface area contributed by atoms with Gasteiger partial charge in [-0.3, -0.25) is 10.6 Å². The number of nitrogen functional groups attached to an aromatic ring is 1. The van der Waals surface area contributed by atoms with Crippen molar-refractivity contribution >= 4 is 11.6 Å². The molecule has 0 aliphatic heterocycles. The largest absolute Gasteiger partial charge is 0.376 e. The molecule has 1 aromatic carbocycles. The Balaban J connectivity index is 1.76. The lowest BCUT2D eigenvalue weighted by atomic mass is 9.98. The van der Waals surface area contributed by atoms with Crippen LogP contribution in [0.5, 0.6) is 0 Å². The average molecular weight is 291 g/mol. The second-order valence-electron chi connectivity index (χ2n) is 5.58. The average Bonchev–Trinajstić information content (AvgIpc) is 2.52. The van der Waals surface area contributed by atoms with Crippen LogP contribution in [0.1, 0.15) is 48.0 Å². The van der Waals surface area contributed by atoms with Gasteiger partial charge in [-0.25, -0.2) is 0 Å². The zero-order valence-electron chi connectivity index (χ0n) is 12.7. The Labute approximate surface area is 126 Å². The number of anilines is 1. The van der Waals surface area contributed by atoms with E-state index in [-0.39, 0.29) is 5.91 Å². The molecule has 1 aliphatic carbocycles. The normalized spacial score (nSPS) is 15.7. The molecule has 116 valence electrons. The van der Waals surface area contributed by atoms with E-state index in [0.717, 1.165) is 18.4 Å². The highest BCUT2D eigenvalue weighted by Gasteiger charge is 2.14. The summed E-state index contributed by atoms with van der Waals surface area (Å²) < 4.78 is 5.79. The molecule has 5 nitrogen and oxygen atoms in total. The Kier molecular flexibility index (Phi) is 6.02. The van der Waals surface area contributed by atoms with Crippen LogP contribution < -0.4 is 16.6 Å². The van der Waals surface area contributed by atoms with E-state index in [9.17, 15) is 4.79 Å². The molecule has 0 atom stereocenters. The molecule has 0 heterocycles. The maximum Gasteiger partial charge on any atom is 0.253 e. The van der Waals surface area contributed by atoms with E-state index in [1.807, 2.05) is 19.1 Å². The van der Waals surface area contributed by atoms with Crippen molar-refractivity contribution in [2.24, 2.45) is 5.84 Å². The minimum atomic E-state index is -0.129. The van der Waals surface area contributed by atoms with Gasteiger partial charge >= 0.3 is 0 Å². The van der Waals surface area contributed by atoms with Crippen molar-refractivity contribution in [2.75, 3.05) is 18.6 Å². The summed E-state index contributed by atoms with van der Waals surface area (Å²) in [5.41, 5.74) is 4.82. The third-order valence-corrected chi connectivity index (χ3v) is 3.87. The van der Waals surface area contributed by atoms with Crippen molar-refractivity contribution in [3.8, 4) is 0 Å². The highest BCUT2D eigenvalue weighted by molar-refractivity contribution is 5.99. The van der Waals surface area contributed by atoms with Gasteiger partial charge in [0.05, 0.1) is 24.0 Å².